The first-order valence-electron chi connectivity index (χ1n) is 10.3. The van der Waals surface area contributed by atoms with Gasteiger partial charge in [0.2, 0.25) is 0 Å². The van der Waals surface area contributed by atoms with Gasteiger partial charge in [-0.05, 0) is 39.8 Å². The predicted molar refractivity (Wildman–Crippen MR) is 130 cm³/mol. The molecule has 0 aromatic carbocycles. The molecule has 0 spiro atoms. The summed E-state index contributed by atoms with van der Waals surface area (Å²) in [7, 11) is 2.05. The van der Waals surface area contributed by atoms with E-state index in [0.29, 0.717) is 30.2 Å². The van der Waals surface area contributed by atoms with E-state index in [1.54, 1.807) is 6.33 Å². The van der Waals surface area contributed by atoms with Crippen LogP contribution < -0.4 is 5.73 Å². The van der Waals surface area contributed by atoms with Gasteiger partial charge in [-0.25, -0.2) is 15.0 Å². The molecule has 0 unspecified atom stereocenters. The zero-order valence-electron chi connectivity index (χ0n) is 18.5. The van der Waals surface area contributed by atoms with E-state index in [0.717, 1.165) is 11.4 Å². The molecule has 0 aliphatic heterocycles. The second-order valence-corrected chi connectivity index (χ2v) is 6.80. The van der Waals surface area contributed by atoms with Gasteiger partial charge in [0.25, 0.3) is 7.41 Å². The molecule has 3 aromatic rings. The quantitative estimate of drug-likeness (QED) is 0.413. The van der Waals surface area contributed by atoms with E-state index in [1.165, 1.54) is 17.5 Å². The number of allylic oxidation sites excluding steroid dienone is 4. The Bertz CT molecular complexity index is 1110. The van der Waals surface area contributed by atoms with Crippen LogP contribution in [0.25, 0.3) is 35.5 Å². The largest absolute Gasteiger partial charge is 0.387 e. The van der Waals surface area contributed by atoms with Crippen LogP contribution in [0.4, 0.5) is 5.82 Å². The molecule has 0 saturated carbocycles. The van der Waals surface area contributed by atoms with Crippen LogP contribution in [0.2, 0.25) is 0 Å². The molecule has 0 fully saturated rings. The highest BCUT2D eigenvalue weighted by Crippen LogP contribution is 2.28. The van der Waals surface area contributed by atoms with Crippen molar-refractivity contribution in [1.82, 2.24) is 24.0 Å². The van der Waals surface area contributed by atoms with E-state index in [-0.39, 0.29) is 0 Å². The topological polar surface area (TPSA) is 83.8 Å². The molecule has 0 aliphatic rings. The number of aromatic nitrogens is 5. The van der Waals surface area contributed by atoms with Gasteiger partial charge in [-0.3, -0.25) is 4.57 Å². The molecule has 0 bridgehead atoms. The number of ether oxygens (including phenoxy) is 1. The Labute approximate surface area is 183 Å². The first kappa shape index (κ1) is 22.3. The zero-order valence-corrected chi connectivity index (χ0v) is 18.5. The van der Waals surface area contributed by atoms with Crippen LogP contribution in [0.3, 0.4) is 0 Å². The Kier molecular flexibility index (Phi) is 7.62. The number of anilines is 1. The molecule has 3 rings (SSSR count). The van der Waals surface area contributed by atoms with Gasteiger partial charge in [-0.1, -0.05) is 36.5 Å². The molecule has 2 N–H and O–H groups in total. The number of hydrogen-bond donors (Lipinski definition) is 1. The number of nitrogen functional groups attached to an aromatic ring is 1. The molecule has 8 heteroatoms. The Balaban J connectivity index is 1.85. The fourth-order valence-electron chi connectivity index (χ4n) is 3.47. The number of fused-ring (bicyclic) bond motifs is 1. The normalized spacial score (nSPS) is 12.5. The number of hydrogen-bond acceptors (Lipinski definition) is 5. The third-order valence-electron chi connectivity index (χ3n) is 4.71. The van der Waals surface area contributed by atoms with Crippen LogP contribution in [0.5, 0.6) is 0 Å². The lowest BCUT2D eigenvalue weighted by Gasteiger charge is -2.10. The van der Waals surface area contributed by atoms with Crippen molar-refractivity contribution in [3.05, 3.63) is 59.5 Å². The Morgan fingerprint density at radius 2 is 1.52 bits per heavy atom. The first-order chi connectivity index (χ1) is 15.2. The van der Waals surface area contributed by atoms with Crippen LogP contribution in [0.1, 0.15) is 50.2 Å². The van der Waals surface area contributed by atoms with Crippen LogP contribution in [-0.2, 0) is 11.5 Å². The second kappa shape index (κ2) is 10.6. The fourth-order valence-corrected chi connectivity index (χ4v) is 3.47. The van der Waals surface area contributed by atoms with E-state index in [4.69, 9.17) is 10.5 Å². The number of nitrogens with zero attached hydrogens (tertiary/aromatic N) is 5. The van der Waals surface area contributed by atoms with E-state index in [1.807, 2.05) is 51.8 Å². The van der Waals surface area contributed by atoms with Crippen molar-refractivity contribution in [3.8, 4) is 0 Å². The van der Waals surface area contributed by atoms with Gasteiger partial charge in [-0.2, -0.15) is 0 Å². The summed E-state index contributed by atoms with van der Waals surface area (Å²) in [6, 6.07) is 0. The van der Waals surface area contributed by atoms with Crippen molar-refractivity contribution in [3.63, 3.8) is 0 Å². The maximum Gasteiger partial charge on any atom is 0.281 e. The summed E-state index contributed by atoms with van der Waals surface area (Å²) in [5, 5.41) is 0. The van der Waals surface area contributed by atoms with E-state index in [2.05, 4.69) is 55.9 Å². The van der Waals surface area contributed by atoms with E-state index >= 15 is 0 Å². The minimum atomic E-state index is 0.312. The number of nitrogens with two attached hydrogens (primary N) is 1. The highest BCUT2D eigenvalue weighted by molar-refractivity contribution is 6.34. The molecule has 0 aliphatic carbocycles. The van der Waals surface area contributed by atoms with Gasteiger partial charge >= 0.3 is 0 Å². The molecule has 0 amide bonds. The van der Waals surface area contributed by atoms with Crippen LogP contribution in [0, 0.1) is 0 Å². The SMILES string of the molecule is C/C=C\c1c(/C=C\C)c(/C=C\C)n([B]COCn2cnc3c(N)ncnc32)c1/C=C\C. The van der Waals surface area contributed by atoms with Gasteiger partial charge in [-0.15, -0.1) is 0 Å². The van der Waals surface area contributed by atoms with Crippen molar-refractivity contribution in [2.75, 3.05) is 12.2 Å². The lowest BCUT2D eigenvalue weighted by Crippen LogP contribution is -2.18. The molecule has 31 heavy (non-hydrogen) atoms. The maximum atomic E-state index is 5.93. The third-order valence-corrected chi connectivity index (χ3v) is 4.71. The number of imidazole rings is 1. The summed E-state index contributed by atoms with van der Waals surface area (Å²) in [6.07, 6.45) is 19.8. The number of rotatable bonds is 9. The maximum absolute atomic E-state index is 5.93. The summed E-state index contributed by atoms with van der Waals surface area (Å²) < 4.78 is 9.92. The standard InChI is InChI=1S/C23H28BN6O/c1-5-9-17-18(10-6-2)20(12-8-4)30(19(17)11-7-3)24-13-31-16-29-15-28-21-22(25)26-14-27-23(21)29/h5-12,14-15H,13,16H2,1-4H3,(H2,25,26,27)/b9-5-,10-6-,11-7-,12-8-. The molecule has 3 heterocycles. The summed E-state index contributed by atoms with van der Waals surface area (Å²) in [6.45, 7) is 8.83. The van der Waals surface area contributed by atoms with Crippen molar-refractivity contribution >= 4 is 48.7 Å². The predicted octanol–water partition coefficient (Wildman–Crippen LogP) is 4.44. The molecule has 7 nitrogen and oxygen atoms in total. The highest BCUT2D eigenvalue weighted by Gasteiger charge is 2.17. The summed E-state index contributed by atoms with van der Waals surface area (Å²) >= 11 is 0. The minimum absolute atomic E-state index is 0.312. The molecular formula is C23H28BN6O. The lowest BCUT2D eigenvalue weighted by atomic mass is 9.94. The fraction of sp³-hybridized carbons (Fsp3) is 0.261. The van der Waals surface area contributed by atoms with Crippen molar-refractivity contribution in [2.24, 2.45) is 0 Å². The lowest BCUT2D eigenvalue weighted by molar-refractivity contribution is 0.114. The zero-order chi connectivity index (χ0) is 22.2. The molecule has 0 saturated heterocycles. The molecule has 3 aromatic heterocycles. The Hall–Kier alpha value is -3.39. The average Bonchev–Trinajstić information content (AvgIpc) is 3.29. The van der Waals surface area contributed by atoms with Crippen molar-refractivity contribution in [1.29, 1.82) is 0 Å². The van der Waals surface area contributed by atoms with Crippen LogP contribution >= 0.6 is 0 Å². The summed E-state index contributed by atoms with van der Waals surface area (Å²) in [4.78, 5) is 12.5. The monoisotopic (exact) mass is 415 g/mol. The molecule has 1 radical (unpaired) electrons. The Morgan fingerprint density at radius 3 is 2.10 bits per heavy atom. The molecule has 0 atom stereocenters. The van der Waals surface area contributed by atoms with Gasteiger partial charge < -0.3 is 14.9 Å². The van der Waals surface area contributed by atoms with Gasteiger partial charge in [0, 0.05) is 29.0 Å². The highest BCUT2D eigenvalue weighted by atomic mass is 16.5. The average molecular weight is 415 g/mol. The van der Waals surface area contributed by atoms with E-state index in [9.17, 15) is 0 Å². The van der Waals surface area contributed by atoms with Gasteiger partial charge in [0.05, 0.1) is 6.33 Å². The van der Waals surface area contributed by atoms with Gasteiger partial charge in [0.15, 0.2) is 11.5 Å². The summed E-state index contributed by atoms with van der Waals surface area (Å²) in [5.74, 6) is 0.364. The smallest absolute Gasteiger partial charge is 0.281 e. The molecule has 159 valence electrons. The van der Waals surface area contributed by atoms with Crippen LogP contribution in [-0.4, -0.2) is 37.9 Å². The Morgan fingerprint density at radius 1 is 0.903 bits per heavy atom. The van der Waals surface area contributed by atoms with Gasteiger partial charge in [0.1, 0.15) is 18.6 Å². The second-order valence-electron chi connectivity index (χ2n) is 6.80. The van der Waals surface area contributed by atoms with Crippen LogP contribution in [0.15, 0.2) is 37.0 Å². The van der Waals surface area contributed by atoms with Crippen molar-refractivity contribution in [2.45, 2.75) is 34.4 Å². The summed E-state index contributed by atoms with van der Waals surface area (Å²) in [5.41, 5.74) is 11.7. The first-order valence-corrected chi connectivity index (χ1v) is 10.3. The van der Waals surface area contributed by atoms with E-state index < -0.39 is 0 Å². The third kappa shape index (κ3) is 4.69. The minimum Gasteiger partial charge on any atom is -0.387 e. The molecular weight excluding hydrogens is 387 g/mol. The van der Waals surface area contributed by atoms with Crippen molar-refractivity contribution < 1.29 is 4.74 Å².